The van der Waals surface area contributed by atoms with Crippen LogP contribution in [-0.2, 0) is 5.54 Å². The predicted octanol–water partition coefficient (Wildman–Crippen LogP) is 3.45. The molecule has 0 saturated carbocycles. The second-order valence-corrected chi connectivity index (χ2v) is 6.07. The fourth-order valence-electron chi connectivity index (χ4n) is 3.48. The van der Waals surface area contributed by atoms with Gasteiger partial charge in [-0.1, -0.05) is 67.6 Å². The summed E-state index contributed by atoms with van der Waals surface area (Å²) in [6.45, 7) is 2.90. The fourth-order valence-corrected chi connectivity index (χ4v) is 3.48. The van der Waals surface area contributed by atoms with Crippen molar-refractivity contribution in [2.45, 2.75) is 37.3 Å². The minimum Gasteiger partial charge on any atom is -0.390 e. The van der Waals surface area contributed by atoms with Gasteiger partial charge in [0, 0.05) is 6.42 Å². The molecule has 21 heavy (non-hydrogen) atoms. The third-order valence-corrected chi connectivity index (χ3v) is 4.80. The third kappa shape index (κ3) is 2.61. The molecule has 110 valence electrons. The number of nitrogens with one attached hydrogen (secondary N) is 1. The maximum atomic E-state index is 10.9. The lowest BCUT2D eigenvalue weighted by molar-refractivity contribution is -0.0242. The highest BCUT2D eigenvalue weighted by molar-refractivity contribution is 5.39. The zero-order valence-corrected chi connectivity index (χ0v) is 12.5. The van der Waals surface area contributed by atoms with Crippen LogP contribution >= 0.6 is 0 Å². The van der Waals surface area contributed by atoms with Crippen molar-refractivity contribution in [1.29, 1.82) is 0 Å². The summed E-state index contributed by atoms with van der Waals surface area (Å²) in [7, 11) is 0. The number of benzene rings is 2. The molecule has 2 heteroatoms. The number of hydrogen-bond acceptors (Lipinski definition) is 2. The lowest BCUT2D eigenvalue weighted by Gasteiger charge is -2.47. The molecule has 0 aliphatic carbocycles. The topological polar surface area (TPSA) is 32.3 Å². The van der Waals surface area contributed by atoms with Crippen LogP contribution in [0.5, 0.6) is 0 Å². The molecule has 2 aromatic carbocycles. The molecule has 0 aromatic heterocycles. The highest BCUT2D eigenvalue weighted by atomic mass is 16.3. The molecule has 3 rings (SSSR count). The van der Waals surface area contributed by atoms with Crippen molar-refractivity contribution in [3.8, 4) is 0 Å². The first-order chi connectivity index (χ1) is 10.2. The van der Waals surface area contributed by atoms with Crippen molar-refractivity contribution in [3.63, 3.8) is 0 Å². The predicted molar refractivity (Wildman–Crippen MR) is 86.1 cm³/mol. The molecule has 1 atom stereocenters. The van der Waals surface area contributed by atoms with Crippen molar-refractivity contribution in [2.75, 3.05) is 6.54 Å². The van der Waals surface area contributed by atoms with E-state index in [1.54, 1.807) is 0 Å². The Morgan fingerprint density at radius 2 is 1.48 bits per heavy atom. The maximum absolute atomic E-state index is 10.9. The lowest BCUT2D eigenvalue weighted by Crippen LogP contribution is -2.55. The Morgan fingerprint density at radius 1 is 0.952 bits per heavy atom. The van der Waals surface area contributed by atoms with Crippen LogP contribution in [0.25, 0.3) is 0 Å². The Hall–Kier alpha value is -1.64. The van der Waals surface area contributed by atoms with E-state index in [2.05, 4.69) is 60.8 Å². The quantitative estimate of drug-likeness (QED) is 0.903. The van der Waals surface area contributed by atoms with Gasteiger partial charge in [-0.15, -0.1) is 0 Å². The van der Waals surface area contributed by atoms with Crippen molar-refractivity contribution >= 4 is 0 Å². The Labute approximate surface area is 126 Å². The first kappa shape index (κ1) is 14.3. The molecule has 2 aromatic rings. The van der Waals surface area contributed by atoms with Crippen LogP contribution in [0.15, 0.2) is 60.7 Å². The molecule has 1 aliphatic rings. The van der Waals surface area contributed by atoms with E-state index in [9.17, 15) is 5.11 Å². The largest absolute Gasteiger partial charge is 0.390 e. The molecule has 1 saturated heterocycles. The van der Waals surface area contributed by atoms with Crippen molar-refractivity contribution in [3.05, 3.63) is 71.8 Å². The summed E-state index contributed by atoms with van der Waals surface area (Å²) in [5, 5.41) is 14.6. The molecule has 0 amide bonds. The minimum atomic E-state index is -0.600. The van der Waals surface area contributed by atoms with Crippen LogP contribution in [0.3, 0.4) is 0 Å². The second-order valence-electron chi connectivity index (χ2n) is 6.07. The van der Waals surface area contributed by atoms with Gasteiger partial charge in [0.15, 0.2) is 0 Å². The van der Waals surface area contributed by atoms with E-state index in [4.69, 9.17) is 0 Å². The molecular weight excluding hydrogens is 258 g/mol. The zero-order valence-electron chi connectivity index (χ0n) is 12.5. The fraction of sp³-hybridized carbons (Fsp3) is 0.368. The van der Waals surface area contributed by atoms with E-state index in [1.165, 1.54) is 11.1 Å². The Balaban J connectivity index is 2.12. The summed E-state index contributed by atoms with van der Waals surface area (Å²) in [6, 6.07) is 21.0. The summed E-state index contributed by atoms with van der Waals surface area (Å²) >= 11 is 0. The van der Waals surface area contributed by atoms with Crippen LogP contribution in [0, 0.1) is 0 Å². The van der Waals surface area contributed by atoms with Gasteiger partial charge in [-0.3, -0.25) is 0 Å². The highest BCUT2D eigenvalue weighted by Gasteiger charge is 2.44. The first-order valence-electron chi connectivity index (χ1n) is 7.77. The Morgan fingerprint density at radius 3 is 1.95 bits per heavy atom. The zero-order chi connectivity index (χ0) is 14.8. The van der Waals surface area contributed by atoms with E-state index < -0.39 is 5.60 Å². The van der Waals surface area contributed by atoms with Gasteiger partial charge in [0.1, 0.15) is 0 Å². The molecule has 2 nitrogen and oxygen atoms in total. The summed E-state index contributed by atoms with van der Waals surface area (Å²) in [5.74, 6) is 0. The van der Waals surface area contributed by atoms with Crippen LogP contribution in [0.4, 0.5) is 0 Å². The van der Waals surface area contributed by atoms with Gasteiger partial charge in [0.2, 0.25) is 0 Å². The van der Waals surface area contributed by atoms with Crippen molar-refractivity contribution in [2.24, 2.45) is 0 Å². The van der Waals surface area contributed by atoms with Crippen LogP contribution in [0.2, 0.25) is 0 Å². The number of aliphatic hydroxyl groups is 1. The number of hydrogen-bond donors (Lipinski definition) is 2. The molecule has 1 unspecified atom stereocenters. The average molecular weight is 281 g/mol. The molecule has 1 aliphatic heterocycles. The van der Waals surface area contributed by atoms with Crippen LogP contribution in [-0.4, -0.2) is 17.3 Å². The summed E-state index contributed by atoms with van der Waals surface area (Å²) < 4.78 is 0. The van der Waals surface area contributed by atoms with E-state index in [-0.39, 0.29) is 5.54 Å². The molecule has 0 radical (unpaired) electrons. The highest BCUT2D eigenvalue weighted by Crippen LogP contribution is 2.42. The first-order valence-corrected chi connectivity index (χ1v) is 7.77. The summed E-state index contributed by atoms with van der Waals surface area (Å²) in [5.41, 5.74) is 1.55. The normalized spacial score (nSPS) is 24.7. The number of piperidine rings is 1. The van der Waals surface area contributed by atoms with Crippen LogP contribution in [0.1, 0.15) is 37.3 Å². The van der Waals surface area contributed by atoms with Crippen molar-refractivity contribution in [1.82, 2.24) is 5.32 Å². The van der Waals surface area contributed by atoms with E-state index in [0.29, 0.717) is 6.42 Å². The molecular formula is C19H23NO. The summed E-state index contributed by atoms with van der Waals surface area (Å²) in [4.78, 5) is 0. The van der Waals surface area contributed by atoms with Gasteiger partial charge in [0.25, 0.3) is 0 Å². The SMILES string of the molecule is CCC1(O)CCNC(c2ccccc2)(c2ccccc2)C1. The minimum absolute atomic E-state index is 0.300. The second kappa shape index (κ2) is 5.63. The van der Waals surface area contributed by atoms with E-state index >= 15 is 0 Å². The van der Waals surface area contributed by atoms with Gasteiger partial charge in [-0.25, -0.2) is 0 Å². The molecule has 1 heterocycles. The average Bonchev–Trinajstić information content (AvgIpc) is 2.56. The monoisotopic (exact) mass is 281 g/mol. The molecule has 2 N–H and O–H groups in total. The smallest absolute Gasteiger partial charge is 0.0718 e. The third-order valence-electron chi connectivity index (χ3n) is 4.80. The number of rotatable bonds is 3. The van der Waals surface area contributed by atoms with Crippen LogP contribution < -0.4 is 5.32 Å². The van der Waals surface area contributed by atoms with Gasteiger partial charge in [-0.2, -0.15) is 0 Å². The standard InChI is InChI=1S/C19H23NO/c1-2-18(21)13-14-20-19(15-18,16-9-5-3-6-10-16)17-11-7-4-8-12-17/h3-12,20-21H,2,13-15H2,1H3. The van der Waals surface area contributed by atoms with E-state index in [0.717, 1.165) is 19.4 Å². The van der Waals surface area contributed by atoms with Gasteiger partial charge < -0.3 is 10.4 Å². The van der Waals surface area contributed by atoms with Gasteiger partial charge in [-0.05, 0) is 30.5 Å². The molecule has 0 spiro atoms. The maximum Gasteiger partial charge on any atom is 0.0718 e. The molecule has 1 fully saturated rings. The summed E-state index contributed by atoms with van der Waals surface area (Å²) in [6.07, 6.45) is 2.31. The van der Waals surface area contributed by atoms with Gasteiger partial charge in [0.05, 0.1) is 11.1 Å². The molecule has 0 bridgehead atoms. The van der Waals surface area contributed by atoms with E-state index in [1.807, 2.05) is 12.1 Å². The van der Waals surface area contributed by atoms with Gasteiger partial charge >= 0.3 is 0 Å². The van der Waals surface area contributed by atoms with Crippen molar-refractivity contribution < 1.29 is 5.11 Å². The Kier molecular flexibility index (Phi) is 3.83. The Bertz CT molecular complexity index is 542. The lowest BCUT2D eigenvalue weighted by atomic mass is 9.70.